The fourth-order valence-electron chi connectivity index (χ4n) is 4.70. The number of hydrogen-bond acceptors (Lipinski definition) is 13. The van der Waals surface area contributed by atoms with Crippen molar-refractivity contribution in [1.29, 1.82) is 0 Å². The van der Waals surface area contributed by atoms with Crippen LogP contribution in [0.15, 0.2) is 4.99 Å². The van der Waals surface area contributed by atoms with Gasteiger partial charge in [-0.05, 0) is 39.5 Å². The molecule has 6 atom stereocenters. The first kappa shape index (κ1) is 45.8. The fraction of sp³-hybridized carbons (Fsp3) is 0.655. The lowest BCUT2D eigenvalue weighted by molar-refractivity contribution is -0.142. The Bertz CT molecular complexity index is 1380. The van der Waals surface area contributed by atoms with Crippen molar-refractivity contribution in [2.24, 2.45) is 22.2 Å². The van der Waals surface area contributed by atoms with Gasteiger partial charge in [0.2, 0.25) is 47.3 Å². The second-order valence-electron chi connectivity index (χ2n) is 11.8. The van der Waals surface area contributed by atoms with Gasteiger partial charge in [0.05, 0.1) is 26.2 Å². The van der Waals surface area contributed by atoms with Gasteiger partial charge in [0.25, 0.3) is 0 Å². The Hall–Kier alpha value is -5.23. The number of nitrogens with zero attached hydrogens (tertiary/aromatic N) is 2. The molecule has 0 spiro atoms. The number of guanidine groups is 1. The summed E-state index contributed by atoms with van der Waals surface area (Å²) in [4.78, 5) is 117. The van der Waals surface area contributed by atoms with Gasteiger partial charge >= 0.3 is 5.97 Å². The molecule has 23 nitrogen and oxygen atoms in total. The number of thiol groups is 1. The van der Waals surface area contributed by atoms with Crippen LogP contribution in [0.25, 0.3) is 0 Å². The molecule has 1 aliphatic rings. The SMILES string of the molecule is C[C@H](NC(=O)[C@H](C)NC(=O)[C@@H]1CCCN1C(=O)CNC(=O)[C@H](CCCN=C(N)N)NC(=O)[C@H](CO)NC(=O)[C@H](CS)NC(=O)CNC(=O)CN)C(=O)O. The van der Waals surface area contributed by atoms with Crippen LogP contribution in [-0.2, 0) is 43.2 Å². The van der Waals surface area contributed by atoms with E-state index >= 15 is 0 Å². The Kier molecular flexibility index (Phi) is 20.2. The highest BCUT2D eigenvalue weighted by Gasteiger charge is 2.36. The smallest absolute Gasteiger partial charge is 0.325 e. The predicted molar refractivity (Wildman–Crippen MR) is 189 cm³/mol. The van der Waals surface area contributed by atoms with E-state index in [0.717, 1.165) is 0 Å². The van der Waals surface area contributed by atoms with Gasteiger partial charge in [-0.25, -0.2) is 0 Å². The number of likely N-dealkylation sites (tertiary alicyclic amines) is 1. The Morgan fingerprint density at radius 3 is 2.04 bits per heavy atom. The van der Waals surface area contributed by atoms with Crippen molar-refractivity contribution in [3.05, 3.63) is 0 Å². The average molecular weight is 775 g/mol. The molecule has 15 N–H and O–H groups in total. The third-order valence-electron chi connectivity index (χ3n) is 7.63. The minimum absolute atomic E-state index is 0.0618. The van der Waals surface area contributed by atoms with Gasteiger partial charge in [0.1, 0.15) is 36.3 Å². The van der Waals surface area contributed by atoms with Crippen molar-refractivity contribution in [2.45, 2.75) is 75.8 Å². The van der Waals surface area contributed by atoms with E-state index in [1.54, 1.807) is 0 Å². The lowest BCUT2D eigenvalue weighted by Gasteiger charge is -2.26. The maximum absolute atomic E-state index is 13.2. The van der Waals surface area contributed by atoms with Crippen LogP contribution in [-0.4, -0.2) is 156 Å². The zero-order valence-corrected chi connectivity index (χ0v) is 30.3. The van der Waals surface area contributed by atoms with Crippen LogP contribution >= 0.6 is 12.6 Å². The zero-order chi connectivity index (χ0) is 40.2. The van der Waals surface area contributed by atoms with Crippen molar-refractivity contribution in [3.8, 4) is 0 Å². The van der Waals surface area contributed by atoms with Crippen LogP contribution in [0.5, 0.6) is 0 Å². The zero-order valence-electron chi connectivity index (χ0n) is 29.4. The monoisotopic (exact) mass is 774 g/mol. The first-order chi connectivity index (χ1) is 24.9. The molecule has 0 aliphatic carbocycles. The van der Waals surface area contributed by atoms with E-state index < -0.39 is 109 Å². The summed E-state index contributed by atoms with van der Waals surface area (Å²) in [5.74, 6) is -7.90. The number of nitrogens with two attached hydrogens (primary N) is 3. The van der Waals surface area contributed by atoms with E-state index in [0.29, 0.717) is 6.42 Å². The topological polar surface area (TPSA) is 372 Å². The van der Waals surface area contributed by atoms with Gasteiger partial charge < -0.3 is 69.5 Å². The summed E-state index contributed by atoms with van der Waals surface area (Å²) < 4.78 is 0. The first-order valence-corrected chi connectivity index (χ1v) is 17.1. The number of hydrogen-bond donors (Lipinski definition) is 13. The molecule has 0 saturated carbocycles. The first-order valence-electron chi connectivity index (χ1n) is 16.5. The summed E-state index contributed by atoms with van der Waals surface area (Å²) in [6.45, 7) is 0.462. The molecule has 0 unspecified atom stereocenters. The summed E-state index contributed by atoms with van der Waals surface area (Å²) in [5, 5.41) is 35.2. The normalized spacial score (nSPS) is 16.3. The number of carboxylic acid groups (broad SMARTS) is 1. The Morgan fingerprint density at radius 2 is 1.45 bits per heavy atom. The van der Waals surface area contributed by atoms with Gasteiger partial charge in [0, 0.05) is 18.8 Å². The van der Waals surface area contributed by atoms with E-state index in [2.05, 4.69) is 54.8 Å². The lowest BCUT2D eigenvalue weighted by atomic mass is 10.1. The number of nitrogens with one attached hydrogen (secondary N) is 7. The Morgan fingerprint density at radius 1 is 0.811 bits per heavy atom. The minimum Gasteiger partial charge on any atom is -0.480 e. The Balaban J connectivity index is 2.93. The minimum atomic E-state index is -1.60. The molecular weight excluding hydrogens is 724 g/mol. The molecule has 0 aromatic carbocycles. The summed E-state index contributed by atoms with van der Waals surface area (Å²) in [6.07, 6.45) is 0.800. The van der Waals surface area contributed by atoms with Crippen molar-refractivity contribution in [1.82, 2.24) is 42.1 Å². The highest BCUT2D eigenvalue weighted by Crippen LogP contribution is 2.17. The van der Waals surface area contributed by atoms with Gasteiger partial charge in [-0.15, -0.1) is 0 Å². The third-order valence-corrected chi connectivity index (χ3v) is 8.00. The molecule has 53 heavy (non-hydrogen) atoms. The number of aliphatic hydroxyl groups is 1. The second kappa shape index (κ2) is 23.4. The van der Waals surface area contributed by atoms with Crippen LogP contribution in [0.4, 0.5) is 0 Å². The van der Waals surface area contributed by atoms with Crippen LogP contribution in [0, 0.1) is 0 Å². The highest BCUT2D eigenvalue weighted by molar-refractivity contribution is 7.80. The molecule has 1 heterocycles. The fourth-order valence-corrected chi connectivity index (χ4v) is 4.96. The summed E-state index contributed by atoms with van der Waals surface area (Å²) >= 11 is 4.02. The van der Waals surface area contributed by atoms with Gasteiger partial charge in [-0.2, -0.15) is 12.6 Å². The summed E-state index contributed by atoms with van der Waals surface area (Å²) in [6, 6.07) is -7.51. The highest BCUT2D eigenvalue weighted by atomic mass is 32.1. The van der Waals surface area contributed by atoms with Gasteiger partial charge in [-0.1, -0.05) is 0 Å². The summed E-state index contributed by atoms with van der Waals surface area (Å²) in [5.41, 5.74) is 15.9. The maximum Gasteiger partial charge on any atom is 0.325 e. The standard InChI is InChI=1S/C29H50N12O11S/c1-14(23(46)37-15(2)28(51)52)36-27(50)19-6-4-8-41(19)22(45)11-35-24(47)16(5-3-7-33-29(31)32)39-25(48)17(12-42)40-26(49)18(13-53)38-21(44)10-34-20(43)9-30/h14-19,42,53H,3-13,30H2,1-2H3,(H,34,43)(H,35,47)(H,36,50)(H,37,46)(H,38,44)(H,39,48)(H,40,49)(H,51,52)(H4,31,32,33)/t14-,15-,16-,17-,18-,19-/m0/s1. The molecule has 1 fully saturated rings. The maximum atomic E-state index is 13.2. The Labute approximate surface area is 310 Å². The predicted octanol–water partition coefficient (Wildman–Crippen LogP) is -7.31. The molecule has 1 saturated heterocycles. The van der Waals surface area contributed by atoms with Crippen LogP contribution in [0.1, 0.15) is 39.5 Å². The molecule has 0 radical (unpaired) electrons. The second-order valence-corrected chi connectivity index (χ2v) is 12.2. The van der Waals surface area contributed by atoms with Crippen LogP contribution < -0.4 is 54.4 Å². The van der Waals surface area contributed by atoms with Gasteiger partial charge in [-0.3, -0.25) is 48.1 Å². The quantitative estimate of drug-likeness (QED) is 0.0210. The van der Waals surface area contributed by atoms with E-state index in [1.807, 2.05) is 0 Å². The molecule has 0 aromatic rings. The number of carboxylic acids is 1. The van der Waals surface area contributed by atoms with Crippen LogP contribution in [0.2, 0.25) is 0 Å². The molecule has 8 amide bonds. The molecule has 0 bridgehead atoms. The molecule has 0 aromatic heterocycles. The average Bonchev–Trinajstić information content (AvgIpc) is 3.62. The number of aliphatic carboxylic acids is 1. The number of amides is 8. The van der Waals surface area contributed by atoms with E-state index in [4.69, 9.17) is 22.3 Å². The molecule has 298 valence electrons. The molecule has 24 heteroatoms. The van der Waals surface area contributed by atoms with Crippen molar-refractivity contribution >= 4 is 71.8 Å². The third kappa shape index (κ3) is 16.3. The lowest BCUT2D eigenvalue weighted by Crippen LogP contribution is -2.59. The molecule has 1 aliphatic heterocycles. The number of aliphatic hydroxyl groups excluding tert-OH is 1. The number of aliphatic imine (C=N–C) groups is 1. The van der Waals surface area contributed by atoms with Crippen LogP contribution in [0.3, 0.4) is 0 Å². The van der Waals surface area contributed by atoms with Gasteiger partial charge in [0.15, 0.2) is 5.96 Å². The summed E-state index contributed by atoms with van der Waals surface area (Å²) in [7, 11) is 0. The van der Waals surface area contributed by atoms with E-state index in [9.17, 15) is 48.3 Å². The number of carbonyl (C=O) groups is 9. The molecule has 1 rings (SSSR count). The van der Waals surface area contributed by atoms with Crippen molar-refractivity contribution < 1.29 is 53.4 Å². The largest absolute Gasteiger partial charge is 0.480 e. The van der Waals surface area contributed by atoms with Crippen molar-refractivity contribution in [2.75, 3.05) is 45.1 Å². The number of carbonyl (C=O) groups excluding carboxylic acids is 8. The van der Waals surface area contributed by atoms with Crippen molar-refractivity contribution in [3.63, 3.8) is 0 Å². The van der Waals surface area contributed by atoms with E-state index in [1.165, 1.54) is 18.7 Å². The number of rotatable bonds is 22. The van der Waals surface area contributed by atoms with E-state index in [-0.39, 0.29) is 50.6 Å². The molecular formula is C29H50N12O11S.